The summed E-state index contributed by atoms with van der Waals surface area (Å²) in [4.78, 5) is 15.5. The average Bonchev–Trinajstić information content (AvgIpc) is 2.29. The van der Waals surface area contributed by atoms with Gasteiger partial charge in [-0.3, -0.25) is 5.32 Å². The molecule has 1 N–H and O–H groups in total. The Morgan fingerprint density at radius 1 is 1.31 bits per heavy atom. The van der Waals surface area contributed by atoms with Crippen molar-refractivity contribution in [2.45, 2.75) is 6.92 Å². The fourth-order valence-corrected chi connectivity index (χ4v) is 1.41. The summed E-state index contributed by atoms with van der Waals surface area (Å²) in [6, 6.07) is 11.4. The van der Waals surface area contributed by atoms with Crippen LogP contribution in [0.4, 0.5) is 10.6 Å². The minimum absolute atomic E-state index is 0.347. The molecule has 2 aromatic rings. The van der Waals surface area contributed by atoms with Crippen molar-refractivity contribution >= 4 is 22.8 Å². The Kier molecular flexibility index (Phi) is 3.00. The molecule has 1 heterocycles. The number of amides is 1. The van der Waals surface area contributed by atoms with Gasteiger partial charge in [0.25, 0.3) is 0 Å². The predicted octanol–water partition coefficient (Wildman–Crippen LogP) is 2.80. The van der Waals surface area contributed by atoms with Gasteiger partial charge in [0.2, 0.25) is 0 Å². The first kappa shape index (κ1) is 10.4. The van der Waals surface area contributed by atoms with Gasteiger partial charge < -0.3 is 4.74 Å². The number of anilines is 1. The van der Waals surface area contributed by atoms with Crippen LogP contribution in [0.5, 0.6) is 0 Å². The maximum Gasteiger partial charge on any atom is 0.412 e. The molecule has 82 valence electrons. The van der Waals surface area contributed by atoms with Crippen LogP contribution in [-0.2, 0) is 4.74 Å². The Labute approximate surface area is 93.3 Å². The molecule has 0 aliphatic carbocycles. The molecule has 2 rings (SSSR count). The molecular weight excluding hydrogens is 204 g/mol. The standard InChI is InChI=1S/C12H12N2O2/c1-2-16-12(15)14-11-8-7-9-5-3-4-6-10(9)13-11/h3-8H,2H2,1H3,(H,13,14,15). The van der Waals surface area contributed by atoms with Gasteiger partial charge in [0.05, 0.1) is 12.1 Å². The molecule has 4 nitrogen and oxygen atoms in total. The van der Waals surface area contributed by atoms with Crippen molar-refractivity contribution in [3.05, 3.63) is 36.4 Å². The van der Waals surface area contributed by atoms with Crippen LogP contribution >= 0.6 is 0 Å². The van der Waals surface area contributed by atoms with E-state index in [0.717, 1.165) is 10.9 Å². The van der Waals surface area contributed by atoms with Crippen molar-refractivity contribution in [3.8, 4) is 0 Å². The summed E-state index contributed by atoms with van der Waals surface area (Å²) in [6.07, 6.45) is -0.481. The maximum absolute atomic E-state index is 11.2. The SMILES string of the molecule is CCOC(=O)Nc1ccc2ccccc2n1. The Morgan fingerprint density at radius 2 is 2.12 bits per heavy atom. The lowest BCUT2D eigenvalue weighted by atomic mass is 10.2. The van der Waals surface area contributed by atoms with E-state index in [1.54, 1.807) is 13.0 Å². The number of hydrogen-bond acceptors (Lipinski definition) is 3. The minimum atomic E-state index is -0.481. The van der Waals surface area contributed by atoms with Gasteiger partial charge in [0.15, 0.2) is 0 Å². The van der Waals surface area contributed by atoms with Gasteiger partial charge in [0.1, 0.15) is 5.82 Å². The maximum atomic E-state index is 11.2. The zero-order chi connectivity index (χ0) is 11.4. The highest BCUT2D eigenvalue weighted by Gasteiger charge is 2.03. The second-order valence-corrected chi connectivity index (χ2v) is 3.23. The largest absolute Gasteiger partial charge is 0.450 e. The molecule has 0 aliphatic heterocycles. The number of rotatable bonds is 2. The second-order valence-electron chi connectivity index (χ2n) is 3.23. The van der Waals surface area contributed by atoms with Gasteiger partial charge in [-0.2, -0.15) is 0 Å². The van der Waals surface area contributed by atoms with Crippen molar-refractivity contribution in [2.75, 3.05) is 11.9 Å². The van der Waals surface area contributed by atoms with Crippen LogP contribution in [0.15, 0.2) is 36.4 Å². The number of pyridine rings is 1. The van der Waals surface area contributed by atoms with E-state index in [9.17, 15) is 4.79 Å². The van der Waals surface area contributed by atoms with Crippen molar-refractivity contribution < 1.29 is 9.53 Å². The number of benzene rings is 1. The average molecular weight is 216 g/mol. The molecular formula is C12H12N2O2. The van der Waals surface area contributed by atoms with Crippen molar-refractivity contribution in [1.29, 1.82) is 0 Å². The van der Waals surface area contributed by atoms with Crippen LogP contribution in [0, 0.1) is 0 Å². The zero-order valence-corrected chi connectivity index (χ0v) is 8.93. The highest BCUT2D eigenvalue weighted by atomic mass is 16.5. The van der Waals surface area contributed by atoms with Crippen molar-refractivity contribution in [3.63, 3.8) is 0 Å². The third kappa shape index (κ3) is 2.28. The van der Waals surface area contributed by atoms with E-state index in [4.69, 9.17) is 4.74 Å². The van der Waals surface area contributed by atoms with Gasteiger partial charge in [-0.1, -0.05) is 18.2 Å². The van der Waals surface area contributed by atoms with E-state index < -0.39 is 6.09 Å². The van der Waals surface area contributed by atoms with E-state index in [1.165, 1.54) is 0 Å². The lowest BCUT2D eigenvalue weighted by molar-refractivity contribution is 0.168. The Hall–Kier alpha value is -2.10. The third-order valence-corrected chi connectivity index (χ3v) is 2.10. The van der Waals surface area contributed by atoms with E-state index >= 15 is 0 Å². The Balaban J connectivity index is 2.22. The number of carbonyl (C=O) groups is 1. The van der Waals surface area contributed by atoms with Crippen LogP contribution in [-0.4, -0.2) is 17.7 Å². The molecule has 0 saturated heterocycles. The molecule has 1 amide bonds. The van der Waals surface area contributed by atoms with E-state index in [-0.39, 0.29) is 0 Å². The Morgan fingerprint density at radius 3 is 2.94 bits per heavy atom. The molecule has 0 atom stereocenters. The number of hydrogen-bond donors (Lipinski definition) is 1. The van der Waals surface area contributed by atoms with E-state index in [2.05, 4.69) is 10.3 Å². The van der Waals surface area contributed by atoms with Crippen LogP contribution in [0.1, 0.15) is 6.92 Å². The molecule has 4 heteroatoms. The summed E-state index contributed by atoms with van der Waals surface area (Å²) >= 11 is 0. The topological polar surface area (TPSA) is 51.2 Å². The summed E-state index contributed by atoms with van der Waals surface area (Å²) in [7, 11) is 0. The number of nitrogens with one attached hydrogen (secondary N) is 1. The van der Waals surface area contributed by atoms with E-state index in [0.29, 0.717) is 12.4 Å². The molecule has 0 unspecified atom stereocenters. The first-order valence-corrected chi connectivity index (χ1v) is 5.09. The van der Waals surface area contributed by atoms with Gasteiger partial charge in [0, 0.05) is 5.39 Å². The molecule has 0 bridgehead atoms. The normalized spacial score (nSPS) is 10.1. The smallest absolute Gasteiger partial charge is 0.412 e. The van der Waals surface area contributed by atoms with Crippen molar-refractivity contribution in [2.24, 2.45) is 0 Å². The number of carbonyl (C=O) groups excluding carboxylic acids is 1. The monoisotopic (exact) mass is 216 g/mol. The Bertz CT molecular complexity index is 511. The predicted molar refractivity (Wildman–Crippen MR) is 62.4 cm³/mol. The van der Waals surface area contributed by atoms with Crippen LogP contribution < -0.4 is 5.32 Å². The lowest BCUT2D eigenvalue weighted by Crippen LogP contribution is -2.14. The summed E-state index contributed by atoms with van der Waals surface area (Å²) in [5.74, 6) is 0.497. The molecule has 0 aliphatic rings. The van der Waals surface area contributed by atoms with Crippen LogP contribution in [0.25, 0.3) is 10.9 Å². The fourth-order valence-electron chi connectivity index (χ4n) is 1.41. The number of aromatic nitrogens is 1. The van der Waals surface area contributed by atoms with Crippen LogP contribution in [0.3, 0.4) is 0 Å². The molecule has 0 saturated carbocycles. The number of ether oxygens (including phenoxy) is 1. The van der Waals surface area contributed by atoms with Crippen molar-refractivity contribution in [1.82, 2.24) is 4.98 Å². The fraction of sp³-hybridized carbons (Fsp3) is 0.167. The van der Waals surface area contributed by atoms with Gasteiger partial charge in [-0.05, 0) is 25.1 Å². The molecule has 1 aromatic heterocycles. The highest BCUT2D eigenvalue weighted by Crippen LogP contribution is 2.14. The van der Waals surface area contributed by atoms with Gasteiger partial charge in [-0.15, -0.1) is 0 Å². The third-order valence-electron chi connectivity index (χ3n) is 2.10. The minimum Gasteiger partial charge on any atom is -0.450 e. The highest BCUT2D eigenvalue weighted by molar-refractivity contribution is 5.86. The zero-order valence-electron chi connectivity index (χ0n) is 8.93. The number of fused-ring (bicyclic) bond motifs is 1. The molecule has 16 heavy (non-hydrogen) atoms. The second kappa shape index (κ2) is 4.61. The summed E-state index contributed by atoms with van der Waals surface area (Å²) < 4.78 is 4.77. The molecule has 1 aromatic carbocycles. The summed E-state index contributed by atoms with van der Waals surface area (Å²) in [5.41, 5.74) is 0.844. The van der Waals surface area contributed by atoms with Gasteiger partial charge >= 0.3 is 6.09 Å². The van der Waals surface area contributed by atoms with Crippen LogP contribution in [0.2, 0.25) is 0 Å². The quantitative estimate of drug-likeness (QED) is 0.839. The molecule has 0 spiro atoms. The number of nitrogens with zero attached hydrogens (tertiary/aromatic N) is 1. The van der Waals surface area contributed by atoms with E-state index in [1.807, 2.05) is 30.3 Å². The first-order chi connectivity index (χ1) is 7.79. The lowest BCUT2D eigenvalue weighted by Gasteiger charge is -2.05. The molecule has 0 radical (unpaired) electrons. The summed E-state index contributed by atoms with van der Waals surface area (Å²) in [5, 5.41) is 3.60. The molecule has 0 fully saturated rings. The van der Waals surface area contributed by atoms with Gasteiger partial charge in [-0.25, -0.2) is 9.78 Å². The summed E-state index contributed by atoms with van der Waals surface area (Å²) in [6.45, 7) is 2.10. The number of para-hydroxylation sites is 1. The first-order valence-electron chi connectivity index (χ1n) is 5.09.